The van der Waals surface area contributed by atoms with Gasteiger partial charge in [0.2, 0.25) is 5.95 Å². The van der Waals surface area contributed by atoms with Crippen LogP contribution >= 0.6 is 15.9 Å². The maximum atomic E-state index is 4.23. The summed E-state index contributed by atoms with van der Waals surface area (Å²) < 4.78 is 0.891. The smallest absolute Gasteiger partial charge is 0.225 e. The first-order chi connectivity index (χ1) is 7.83. The van der Waals surface area contributed by atoms with Crippen molar-refractivity contribution in [2.24, 2.45) is 0 Å². The minimum absolute atomic E-state index is 0.335. The van der Waals surface area contributed by atoms with E-state index in [2.05, 4.69) is 41.0 Å². The Bertz CT molecular complexity index is 461. The zero-order valence-corrected chi connectivity index (χ0v) is 9.95. The van der Waals surface area contributed by atoms with Crippen LogP contribution in [0.4, 0.5) is 5.95 Å². The van der Waals surface area contributed by atoms with Crippen molar-refractivity contribution in [2.45, 2.75) is 6.04 Å². The molecule has 1 aliphatic heterocycles. The maximum absolute atomic E-state index is 4.23. The van der Waals surface area contributed by atoms with Gasteiger partial charge < -0.3 is 4.90 Å². The minimum Gasteiger partial charge on any atom is -0.336 e. The fourth-order valence-electron chi connectivity index (χ4n) is 1.65. The molecule has 16 heavy (non-hydrogen) atoms. The number of hydrogen-bond donors (Lipinski definition) is 0. The summed E-state index contributed by atoms with van der Waals surface area (Å²) in [4.78, 5) is 12.3. The molecule has 82 valence electrons. The second kappa shape index (κ2) is 3.82. The molecule has 0 aromatic carbocycles. The van der Waals surface area contributed by atoms with E-state index >= 15 is 0 Å². The topological polar surface area (TPSA) is 59.7 Å². The Morgan fingerprint density at radius 1 is 1.12 bits per heavy atom. The van der Waals surface area contributed by atoms with Crippen molar-refractivity contribution in [3.63, 3.8) is 0 Å². The lowest BCUT2D eigenvalue weighted by atomic mass is 10.1. The first-order valence-electron chi connectivity index (χ1n) is 4.91. The van der Waals surface area contributed by atoms with E-state index in [4.69, 9.17) is 0 Å². The summed E-state index contributed by atoms with van der Waals surface area (Å²) in [7, 11) is 0. The molecule has 3 rings (SSSR count). The molecule has 0 saturated carbocycles. The van der Waals surface area contributed by atoms with E-state index in [0.717, 1.165) is 23.5 Å². The van der Waals surface area contributed by atoms with E-state index in [0.29, 0.717) is 6.04 Å². The molecule has 0 N–H and O–H groups in total. The molecule has 3 heterocycles. The van der Waals surface area contributed by atoms with E-state index in [1.807, 2.05) is 0 Å². The van der Waals surface area contributed by atoms with E-state index < -0.39 is 0 Å². The lowest BCUT2D eigenvalue weighted by molar-refractivity contribution is 0.329. The summed E-state index contributed by atoms with van der Waals surface area (Å²) in [6.07, 6.45) is 6.89. The highest BCUT2D eigenvalue weighted by atomic mass is 79.9. The van der Waals surface area contributed by atoms with Crippen LogP contribution in [0.3, 0.4) is 0 Å². The molecule has 0 aliphatic carbocycles. The SMILES string of the molecule is Brc1cnc(N2CC(n3nccn3)C2)nc1. The zero-order chi connectivity index (χ0) is 11.0. The largest absolute Gasteiger partial charge is 0.336 e. The molecule has 6 nitrogen and oxygen atoms in total. The first kappa shape index (κ1) is 9.71. The van der Waals surface area contributed by atoms with Gasteiger partial charge >= 0.3 is 0 Å². The predicted octanol–water partition coefficient (Wildman–Crippen LogP) is 0.892. The third-order valence-electron chi connectivity index (χ3n) is 2.52. The second-order valence-corrected chi connectivity index (χ2v) is 4.53. The average Bonchev–Trinajstić information content (AvgIpc) is 2.72. The van der Waals surface area contributed by atoms with Crippen LogP contribution in [0.15, 0.2) is 29.3 Å². The number of hydrogen-bond acceptors (Lipinski definition) is 5. The molecule has 1 aliphatic rings. The number of rotatable bonds is 2. The van der Waals surface area contributed by atoms with Crippen molar-refractivity contribution in [1.29, 1.82) is 0 Å². The average molecular weight is 281 g/mol. The van der Waals surface area contributed by atoms with Gasteiger partial charge in [0, 0.05) is 25.5 Å². The fourth-order valence-corrected chi connectivity index (χ4v) is 1.85. The normalized spacial score (nSPS) is 16.2. The summed E-state index contributed by atoms with van der Waals surface area (Å²) in [5, 5.41) is 8.22. The zero-order valence-electron chi connectivity index (χ0n) is 8.36. The Morgan fingerprint density at radius 2 is 1.75 bits per heavy atom. The number of nitrogens with zero attached hydrogens (tertiary/aromatic N) is 6. The van der Waals surface area contributed by atoms with E-state index in [1.165, 1.54) is 0 Å². The number of halogens is 1. The van der Waals surface area contributed by atoms with Gasteiger partial charge in [-0.15, -0.1) is 0 Å². The summed E-state index contributed by atoms with van der Waals surface area (Å²) in [5.41, 5.74) is 0. The molecule has 2 aromatic rings. The Morgan fingerprint density at radius 3 is 2.38 bits per heavy atom. The van der Waals surface area contributed by atoms with Crippen LogP contribution < -0.4 is 4.90 Å². The fraction of sp³-hybridized carbons (Fsp3) is 0.333. The molecule has 7 heteroatoms. The van der Waals surface area contributed by atoms with Gasteiger partial charge in [0.1, 0.15) is 6.04 Å². The van der Waals surface area contributed by atoms with Gasteiger partial charge in [-0.1, -0.05) is 0 Å². The van der Waals surface area contributed by atoms with Gasteiger partial charge in [0.15, 0.2) is 0 Å². The first-order valence-corrected chi connectivity index (χ1v) is 5.70. The van der Waals surface area contributed by atoms with Crippen molar-refractivity contribution < 1.29 is 0 Å². The Balaban J connectivity index is 1.67. The third-order valence-corrected chi connectivity index (χ3v) is 2.92. The van der Waals surface area contributed by atoms with Gasteiger partial charge in [0.05, 0.1) is 16.9 Å². The second-order valence-electron chi connectivity index (χ2n) is 3.61. The monoisotopic (exact) mass is 280 g/mol. The van der Waals surface area contributed by atoms with Crippen LogP contribution in [0, 0.1) is 0 Å². The van der Waals surface area contributed by atoms with Gasteiger partial charge in [-0.05, 0) is 15.9 Å². The third kappa shape index (κ3) is 1.67. The van der Waals surface area contributed by atoms with Crippen molar-refractivity contribution in [1.82, 2.24) is 25.0 Å². The van der Waals surface area contributed by atoms with Gasteiger partial charge in [-0.25, -0.2) is 9.97 Å². The van der Waals surface area contributed by atoms with E-state index in [1.54, 1.807) is 29.6 Å². The Hall–Kier alpha value is -1.50. The van der Waals surface area contributed by atoms with Crippen LogP contribution in [0.2, 0.25) is 0 Å². The van der Waals surface area contributed by atoms with Crippen LogP contribution in [-0.4, -0.2) is 38.1 Å². The molecule has 0 radical (unpaired) electrons. The molecular weight excluding hydrogens is 272 g/mol. The Labute approximate surface area is 100 Å². The van der Waals surface area contributed by atoms with Gasteiger partial charge in [-0.3, -0.25) is 0 Å². The van der Waals surface area contributed by atoms with Gasteiger partial charge in [0.25, 0.3) is 0 Å². The molecule has 1 saturated heterocycles. The summed E-state index contributed by atoms with van der Waals surface area (Å²) in [5.74, 6) is 0.756. The highest BCUT2D eigenvalue weighted by Crippen LogP contribution is 2.23. The summed E-state index contributed by atoms with van der Waals surface area (Å²) in [6.45, 7) is 1.71. The van der Waals surface area contributed by atoms with Crippen molar-refractivity contribution in [3.05, 3.63) is 29.3 Å². The molecule has 1 fully saturated rings. The van der Waals surface area contributed by atoms with Crippen LogP contribution in [0.25, 0.3) is 0 Å². The molecule has 0 atom stereocenters. The maximum Gasteiger partial charge on any atom is 0.225 e. The summed E-state index contributed by atoms with van der Waals surface area (Å²) in [6, 6.07) is 0.335. The van der Waals surface area contributed by atoms with Crippen molar-refractivity contribution in [3.8, 4) is 0 Å². The van der Waals surface area contributed by atoms with Crippen LogP contribution in [0.5, 0.6) is 0 Å². The Kier molecular flexibility index (Phi) is 2.32. The van der Waals surface area contributed by atoms with Gasteiger partial charge in [-0.2, -0.15) is 15.0 Å². The quantitative estimate of drug-likeness (QED) is 0.818. The van der Waals surface area contributed by atoms with E-state index in [9.17, 15) is 0 Å². The molecular formula is C9H9BrN6. The highest BCUT2D eigenvalue weighted by Gasteiger charge is 2.31. The van der Waals surface area contributed by atoms with Crippen LogP contribution in [-0.2, 0) is 0 Å². The number of anilines is 1. The predicted molar refractivity (Wildman–Crippen MR) is 61.0 cm³/mol. The lowest BCUT2D eigenvalue weighted by Gasteiger charge is -2.38. The standard InChI is InChI=1S/C9H9BrN6/c10-7-3-11-9(12-4-7)15-5-8(6-15)16-13-1-2-14-16/h1-4,8H,5-6H2. The molecule has 0 unspecified atom stereocenters. The van der Waals surface area contributed by atoms with Crippen LogP contribution in [0.1, 0.15) is 6.04 Å². The van der Waals surface area contributed by atoms with Crippen molar-refractivity contribution >= 4 is 21.9 Å². The molecule has 0 bridgehead atoms. The van der Waals surface area contributed by atoms with E-state index in [-0.39, 0.29) is 0 Å². The highest BCUT2D eigenvalue weighted by molar-refractivity contribution is 9.10. The molecule has 2 aromatic heterocycles. The lowest BCUT2D eigenvalue weighted by Crippen LogP contribution is -2.49. The van der Waals surface area contributed by atoms with Crippen molar-refractivity contribution in [2.75, 3.05) is 18.0 Å². The number of aromatic nitrogens is 5. The molecule has 0 spiro atoms. The summed E-state index contributed by atoms with van der Waals surface area (Å²) >= 11 is 3.31. The molecule has 0 amide bonds. The minimum atomic E-state index is 0.335.